The van der Waals surface area contributed by atoms with E-state index in [1.807, 2.05) is 12.3 Å². The first kappa shape index (κ1) is 18.9. The average molecular weight is 370 g/mol. The molecule has 144 valence electrons. The second-order valence-electron chi connectivity index (χ2n) is 10.2. The summed E-state index contributed by atoms with van der Waals surface area (Å²) in [6.07, 6.45) is 1.89. The number of hydrogen-bond donors (Lipinski definition) is 0. The molecule has 1 aliphatic rings. The molecule has 0 bridgehead atoms. The van der Waals surface area contributed by atoms with Crippen molar-refractivity contribution in [1.82, 2.24) is 4.98 Å². The minimum atomic E-state index is -0.0787. The maximum atomic E-state index is 4.67. The Labute approximate surface area is 169 Å². The van der Waals surface area contributed by atoms with Gasteiger partial charge in [-0.3, -0.25) is 4.98 Å². The van der Waals surface area contributed by atoms with Crippen LogP contribution in [0, 0.1) is 0 Å². The fraction of sp³-hybridized carbons (Fsp3) is 0.370. The summed E-state index contributed by atoms with van der Waals surface area (Å²) in [6, 6.07) is 20.1. The molecule has 3 aromatic rings. The third-order valence-corrected chi connectivity index (χ3v) is 6.54. The molecule has 0 radical (unpaired) electrons. The summed E-state index contributed by atoms with van der Waals surface area (Å²) in [7, 11) is 0. The van der Waals surface area contributed by atoms with Crippen LogP contribution in [-0.4, -0.2) is 4.98 Å². The van der Waals surface area contributed by atoms with Crippen molar-refractivity contribution in [3.8, 4) is 11.3 Å². The molecule has 1 heterocycles. The number of aromatic nitrogens is 1. The number of pyridine rings is 1. The van der Waals surface area contributed by atoms with Crippen molar-refractivity contribution in [2.24, 2.45) is 0 Å². The number of benzene rings is 2. The van der Waals surface area contributed by atoms with Gasteiger partial charge in [-0.25, -0.2) is 0 Å². The maximum absolute atomic E-state index is 4.67. The molecule has 2 aromatic carbocycles. The first-order chi connectivity index (χ1) is 13.0. The molecule has 1 aromatic heterocycles. The van der Waals surface area contributed by atoms with Crippen LogP contribution in [0.3, 0.4) is 0 Å². The molecular weight excluding hydrogens is 338 g/mol. The molecule has 0 N–H and O–H groups in total. The van der Waals surface area contributed by atoms with Gasteiger partial charge in [0.2, 0.25) is 0 Å². The Bertz CT molecular complexity index is 1030. The molecule has 0 fully saturated rings. The molecule has 0 unspecified atom stereocenters. The summed E-state index contributed by atoms with van der Waals surface area (Å²) in [5.41, 5.74) is 9.44. The van der Waals surface area contributed by atoms with E-state index in [-0.39, 0.29) is 16.2 Å². The lowest BCUT2D eigenvalue weighted by molar-refractivity contribution is 0.515. The van der Waals surface area contributed by atoms with Gasteiger partial charge in [0.1, 0.15) is 0 Å². The van der Waals surface area contributed by atoms with Crippen molar-refractivity contribution in [3.63, 3.8) is 0 Å². The van der Waals surface area contributed by atoms with E-state index in [1.54, 1.807) is 0 Å². The van der Waals surface area contributed by atoms with Crippen LogP contribution in [0.15, 0.2) is 60.8 Å². The van der Waals surface area contributed by atoms with Crippen LogP contribution in [0.1, 0.15) is 76.3 Å². The molecule has 0 aliphatic heterocycles. The van der Waals surface area contributed by atoms with E-state index in [0.29, 0.717) is 0 Å². The highest BCUT2D eigenvalue weighted by molar-refractivity contribution is 5.73. The van der Waals surface area contributed by atoms with E-state index in [9.17, 15) is 0 Å². The Hall–Kier alpha value is -2.41. The van der Waals surface area contributed by atoms with Gasteiger partial charge in [-0.2, -0.15) is 0 Å². The van der Waals surface area contributed by atoms with Gasteiger partial charge in [-0.15, -0.1) is 0 Å². The van der Waals surface area contributed by atoms with Crippen LogP contribution in [0.2, 0.25) is 0 Å². The van der Waals surface area contributed by atoms with E-state index < -0.39 is 0 Å². The zero-order valence-electron chi connectivity index (χ0n) is 18.2. The molecule has 1 heteroatoms. The predicted octanol–water partition coefficient (Wildman–Crippen LogP) is 7.01. The Morgan fingerprint density at radius 2 is 1.46 bits per heavy atom. The van der Waals surface area contributed by atoms with Crippen LogP contribution < -0.4 is 0 Å². The number of fused-ring (bicyclic) bond motifs is 2. The third kappa shape index (κ3) is 2.71. The molecule has 1 aliphatic carbocycles. The average Bonchev–Trinajstić information content (AvgIpc) is 2.66. The first-order valence-corrected chi connectivity index (χ1v) is 10.3. The summed E-state index contributed by atoms with van der Waals surface area (Å²) in [6.45, 7) is 16.4. The van der Waals surface area contributed by atoms with E-state index >= 15 is 0 Å². The summed E-state index contributed by atoms with van der Waals surface area (Å²) in [5.74, 6) is 0. The lowest BCUT2D eigenvalue weighted by atomic mass is 9.58. The molecule has 1 nitrogen and oxygen atoms in total. The van der Waals surface area contributed by atoms with Gasteiger partial charge < -0.3 is 0 Å². The SMILES string of the molecule is CC(C)(C)c1ccc2c(c1)C(C)(C)c1cccc(-c3ccccn3)c1C2(C)C. The minimum Gasteiger partial charge on any atom is -0.256 e. The topological polar surface area (TPSA) is 12.9 Å². The zero-order chi connectivity index (χ0) is 20.3. The van der Waals surface area contributed by atoms with Gasteiger partial charge in [0.15, 0.2) is 0 Å². The summed E-state index contributed by atoms with van der Waals surface area (Å²) >= 11 is 0. The van der Waals surface area contributed by atoms with E-state index in [1.165, 1.54) is 33.4 Å². The minimum absolute atomic E-state index is 0.0494. The van der Waals surface area contributed by atoms with E-state index in [4.69, 9.17) is 0 Å². The molecule has 4 rings (SSSR count). The Morgan fingerprint density at radius 3 is 2.11 bits per heavy atom. The second-order valence-corrected chi connectivity index (χ2v) is 10.2. The van der Waals surface area contributed by atoms with Gasteiger partial charge in [-0.1, -0.05) is 90.9 Å². The summed E-state index contributed by atoms with van der Waals surface area (Å²) in [5, 5.41) is 0. The molecule has 28 heavy (non-hydrogen) atoms. The molecule has 0 saturated carbocycles. The van der Waals surface area contributed by atoms with Crippen molar-refractivity contribution in [3.05, 3.63) is 88.6 Å². The van der Waals surface area contributed by atoms with Crippen LogP contribution in [0.25, 0.3) is 11.3 Å². The molecule has 0 saturated heterocycles. The van der Waals surface area contributed by atoms with Gasteiger partial charge in [0, 0.05) is 22.6 Å². The Morgan fingerprint density at radius 1 is 0.714 bits per heavy atom. The van der Waals surface area contributed by atoms with Crippen molar-refractivity contribution in [2.75, 3.05) is 0 Å². The highest BCUT2D eigenvalue weighted by Crippen LogP contribution is 2.52. The van der Waals surface area contributed by atoms with Crippen LogP contribution >= 0.6 is 0 Å². The van der Waals surface area contributed by atoms with Crippen molar-refractivity contribution >= 4 is 0 Å². The maximum Gasteiger partial charge on any atom is 0.0705 e. The molecule has 0 atom stereocenters. The molecule has 0 amide bonds. The Kier molecular flexibility index (Phi) is 4.08. The lowest BCUT2D eigenvalue weighted by Gasteiger charge is -2.45. The fourth-order valence-electron chi connectivity index (χ4n) is 4.83. The van der Waals surface area contributed by atoms with Gasteiger partial charge in [0.25, 0.3) is 0 Å². The van der Waals surface area contributed by atoms with Gasteiger partial charge in [-0.05, 0) is 45.4 Å². The summed E-state index contributed by atoms with van der Waals surface area (Å²) < 4.78 is 0. The largest absolute Gasteiger partial charge is 0.256 e. The smallest absolute Gasteiger partial charge is 0.0705 e. The molecular formula is C27H31N. The predicted molar refractivity (Wildman–Crippen MR) is 119 cm³/mol. The van der Waals surface area contributed by atoms with Crippen LogP contribution in [-0.2, 0) is 16.2 Å². The Balaban J connectivity index is 2.03. The van der Waals surface area contributed by atoms with Crippen molar-refractivity contribution < 1.29 is 0 Å². The summed E-state index contributed by atoms with van der Waals surface area (Å²) in [4.78, 5) is 4.67. The van der Waals surface area contributed by atoms with Gasteiger partial charge >= 0.3 is 0 Å². The fourth-order valence-corrected chi connectivity index (χ4v) is 4.83. The normalized spacial score (nSPS) is 17.0. The number of nitrogens with zero attached hydrogens (tertiary/aromatic N) is 1. The van der Waals surface area contributed by atoms with Crippen LogP contribution in [0.4, 0.5) is 0 Å². The highest BCUT2D eigenvalue weighted by atomic mass is 14.7. The third-order valence-electron chi connectivity index (χ3n) is 6.54. The van der Waals surface area contributed by atoms with Crippen molar-refractivity contribution in [1.29, 1.82) is 0 Å². The quantitative estimate of drug-likeness (QED) is 0.449. The van der Waals surface area contributed by atoms with Crippen molar-refractivity contribution in [2.45, 2.75) is 64.7 Å². The monoisotopic (exact) mass is 369 g/mol. The van der Waals surface area contributed by atoms with Gasteiger partial charge in [0.05, 0.1) is 5.69 Å². The van der Waals surface area contributed by atoms with E-state index in [0.717, 1.165) is 5.69 Å². The first-order valence-electron chi connectivity index (χ1n) is 10.3. The number of hydrogen-bond acceptors (Lipinski definition) is 1. The lowest BCUT2D eigenvalue weighted by Crippen LogP contribution is -2.37. The zero-order valence-corrected chi connectivity index (χ0v) is 18.2. The highest BCUT2D eigenvalue weighted by Gasteiger charge is 2.43. The van der Waals surface area contributed by atoms with Crippen LogP contribution in [0.5, 0.6) is 0 Å². The molecule has 0 spiro atoms. The number of rotatable bonds is 1. The second kappa shape index (κ2) is 6.04. The van der Waals surface area contributed by atoms with E-state index in [2.05, 4.69) is 102 Å². The standard InChI is InChI=1S/C27H31N/c1-25(2,3)18-14-15-20-22(17-18)26(4,5)21-12-10-11-19(24(21)27(20,6)7)23-13-8-9-16-28-23/h8-17H,1-7H3.